The third kappa shape index (κ3) is 2.16. The zero-order chi connectivity index (χ0) is 10.0. The van der Waals surface area contributed by atoms with Crippen molar-refractivity contribution in [2.24, 2.45) is 0 Å². The Labute approximate surface area is 75.4 Å². The minimum absolute atomic E-state index is 0.0283. The van der Waals surface area contributed by atoms with Gasteiger partial charge in [0.05, 0.1) is 18.8 Å². The van der Waals surface area contributed by atoms with Gasteiger partial charge in [0.2, 0.25) is 0 Å². The normalized spacial score (nSPS) is 47.3. The highest BCUT2D eigenvalue weighted by Gasteiger charge is 2.37. The molecule has 1 saturated heterocycles. The van der Waals surface area contributed by atoms with E-state index in [-0.39, 0.29) is 13.2 Å². The van der Waals surface area contributed by atoms with Crippen LogP contribution in [0.5, 0.6) is 0 Å². The summed E-state index contributed by atoms with van der Waals surface area (Å²) in [6.45, 7) is -0.335. The van der Waals surface area contributed by atoms with E-state index in [9.17, 15) is 20.4 Å². The summed E-state index contributed by atoms with van der Waals surface area (Å²) < 4.78 is 0. The molecule has 13 heavy (non-hydrogen) atoms. The van der Waals surface area contributed by atoms with Gasteiger partial charge in [-0.1, -0.05) is 0 Å². The van der Waals surface area contributed by atoms with Crippen LogP contribution in [-0.2, 0) is 0 Å². The van der Waals surface area contributed by atoms with E-state index < -0.39 is 30.5 Å². The summed E-state index contributed by atoms with van der Waals surface area (Å²) in [5.74, 6) is 0. The second-order valence-corrected chi connectivity index (χ2v) is 3.24. The molecule has 1 heterocycles. The van der Waals surface area contributed by atoms with Gasteiger partial charge < -0.3 is 30.8 Å². The van der Waals surface area contributed by atoms with E-state index in [1.54, 1.807) is 0 Å². The lowest BCUT2D eigenvalue weighted by Crippen LogP contribution is -2.48. The molecule has 1 fully saturated rings. The summed E-state index contributed by atoms with van der Waals surface area (Å²) in [7, 11) is 0. The summed E-state index contributed by atoms with van der Waals surface area (Å²) in [5, 5.41) is 48.5. The summed E-state index contributed by atoms with van der Waals surface area (Å²) in [6, 6.07) is -0.721. The maximum atomic E-state index is 9.36. The largest absolute Gasteiger partial charge is 0.395 e. The highest BCUT2D eigenvalue weighted by molar-refractivity contribution is 4.92. The fourth-order valence-corrected chi connectivity index (χ4v) is 1.35. The lowest BCUT2D eigenvalue weighted by Gasteiger charge is -2.24. The first-order valence-corrected chi connectivity index (χ1v) is 4.14. The highest BCUT2D eigenvalue weighted by Crippen LogP contribution is 2.11. The predicted octanol–water partition coefficient (Wildman–Crippen LogP) is -3.61. The van der Waals surface area contributed by atoms with E-state index in [2.05, 4.69) is 5.32 Å². The van der Waals surface area contributed by atoms with Gasteiger partial charge in [0.25, 0.3) is 0 Å². The Morgan fingerprint density at radius 2 is 1.62 bits per heavy atom. The minimum Gasteiger partial charge on any atom is -0.395 e. The fraction of sp³-hybridized carbons (Fsp3) is 1.00. The van der Waals surface area contributed by atoms with Crippen LogP contribution in [0.3, 0.4) is 0 Å². The molecule has 0 aliphatic carbocycles. The van der Waals surface area contributed by atoms with E-state index in [0.717, 1.165) is 0 Å². The molecule has 0 spiro atoms. The third-order valence-electron chi connectivity index (χ3n) is 2.29. The molecule has 0 aromatic carbocycles. The number of aliphatic hydroxyl groups is 5. The van der Waals surface area contributed by atoms with Crippen molar-refractivity contribution in [3.8, 4) is 0 Å². The van der Waals surface area contributed by atoms with E-state index in [4.69, 9.17) is 5.11 Å². The number of aliphatic hydroxyl groups excluding tert-OH is 5. The van der Waals surface area contributed by atoms with Crippen LogP contribution in [0.4, 0.5) is 0 Å². The first-order valence-electron chi connectivity index (χ1n) is 4.14. The molecule has 0 amide bonds. The maximum absolute atomic E-state index is 9.36. The van der Waals surface area contributed by atoms with Crippen molar-refractivity contribution in [2.75, 3.05) is 13.2 Å². The topological polar surface area (TPSA) is 113 Å². The van der Waals surface area contributed by atoms with Crippen molar-refractivity contribution < 1.29 is 25.5 Å². The number of β-amino-alcohol motifs (C(OH)–C–C–N with tert-alkyl or cyclic N) is 1. The van der Waals surface area contributed by atoms with Crippen molar-refractivity contribution in [3.63, 3.8) is 0 Å². The Bertz CT molecular complexity index is 165. The van der Waals surface area contributed by atoms with Gasteiger partial charge in [-0.05, 0) is 0 Å². The Balaban J connectivity index is 2.69. The van der Waals surface area contributed by atoms with Crippen molar-refractivity contribution >= 4 is 0 Å². The molecule has 6 N–H and O–H groups in total. The molecule has 0 radical (unpaired) electrons. The SMILES string of the molecule is OC[C@H]1NC[C@@H](O)[C@H](O)[C@@H](O)[C@@H]1O. The minimum atomic E-state index is -1.44. The molecule has 0 bridgehead atoms. The summed E-state index contributed by atoms with van der Waals surface area (Å²) >= 11 is 0. The molecule has 0 aromatic heterocycles. The van der Waals surface area contributed by atoms with Gasteiger partial charge in [0.15, 0.2) is 0 Å². The maximum Gasteiger partial charge on any atom is 0.110 e. The van der Waals surface area contributed by atoms with Crippen LogP contribution in [0.2, 0.25) is 0 Å². The van der Waals surface area contributed by atoms with Crippen LogP contribution in [0.15, 0.2) is 0 Å². The van der Waals surface area contributed by atoms with Crippen LogP contribution >= 0.6 is 0 Å². The number of hydrogen-bond acceptors (Lipinski definition) is 6. The zero-order valence-corrected chi connectivity index (χ0v) is 7.04. The summed E-state index contributed by atoms with van der Waals surface area (Å²) in [4.78, 5) is 0. The number of hydrogen-bond donors (Lipinski definition) is 6. The van der Waals surface area contributed by atoms with Gasteiger partial charge in [-0.3, -0.25) is 0 Å². The van der Waals surface area contributed by atoms with Gasteiger partial charge >= 0.3 is 0 Å². The summed E-state index contributed by atoms with van der Waals surface area (Å²) in [5.41, 5.74) is 0. The van der Waals surface area contributed by atoms with E-state index in [1.165, 1.54) is 0 Å². The van der Waals surface area contributed by atoms with E-state index in [0.29, 0.717) is 0 Å². The number of rotatable bonds is 1. The lowest BCUT2D eigenvalue weighted by atomic mass is 10.0. The second kappa shape index (κ2) is 4.32. The quantitative estimate of drug-likeness (QED) is 0.256. The monoisotopic (exact) mass is 193 g/mol. The molecule has 6 heteroatoms. The van der Waals surface area contributed by atoms with Crippen molar-refractivity contribution in [2.45, 2.75) is 30.5 Å². The molecule has 6 nitrogen and oxygen atoms in total. The smallest absolute Gasteiger partial charge is 0.110 e. The van der Waals surface area contributed by atoms with Crippen molar-refractivity contribution in [1.29, 1.82) is 0 Å². The first kappa shape index (κ1) is 10.8. The van der Waals surface area contributed by atoms with Crippen molar-refractivity contribution in [1.82, 2.24) is 5.32 Å². The third-order valence-corrected chi connectivity index (χ3v) is 2.29. The molecular weight excluding hydrogens is 178 g/mol. The standard InChI is InChI=1S/C7H15NO5/c9-2-3-5(11)7(13)6(12)4(10)1-8-3/h3-13H,1-2H2/t3-,4-,5-,6+,7+/m1/s1. The van der Waals surface area contributed by atoms with Crippen molar-refractivity contribution in [3.05, 3.63) is 0 Å². The molecule has 1 aliphatic heterocycles. The molecule has 78 valence electrons. The van der Waals surface area contributed by atoms with Crippen LogP contribution < -0.4 is 5.32 Å². The molecule has 1 rings (SSSR count). The molecule has 0 aromatic rings. The summed E-state index contributed by atoms with van der Waals surface area (Å²) in [6.07, 6.45) is -5.25. The molecular formula is C7H15NO5. The fourth-order valence-electron chi connectivity index (χ4n) is 1.35. The van der Waals surface area contributed by atoms with Gasteiger partial charge in [0.1, 0.15) is 18.3 Å². The van der Waals surface area contributed by atoms with Crippen LogP contribution in [-0.4, -0.2) is 69.1 Å². The molecule has 5 atom stereocenters. The molecule has 1 aliphatic rings. The Kier molecular flexibility index (Phi) is 3.60. The second-order valence-electron chi connectivity index (χ2n) is 3.24. The van der Waals surface area contributed by atoms with E-state index >= 15 is 0 Å². The number of nitrogens with one attached hydrogen (secondary N) is 1. The van der Waals surface area contributed by atoms with Gasteiger partial charge in [-0.25, -0.2) is 0 Å². The Morgan fingerprint density at radius 1 is 1.00 bits per heavy atom. The average Bonchev–Trinajstić information content (AvgIpc) is 2.22. The Morgan fingerprint density at radius 3 is 2.15 bits per heavy atom. The van der Waals surface area contributed by atoms with Gasteiger partial charge in [0, 0.05) is 6.54 Å². The average molecular weight is 193 g/mol. The van der Waals surface area contributed by atoms with Crippen LogP contribution in [0.25, 0.3) is 0 Å². The van der Waals surface area contributed by atoms with Gasteiger partial charge in [-0.2, -0.15) is 0 Å². The van der Waals surface area contributed by atoms with Gasteiger partial charge in [-0.15, -0.1) is 0 Å². The van der Waals surface area contributed by atoms with Crippen LogP contribution in [0.1, 0.15) is 0 Å². The Hall–Kier alpha value is -0.240. The molecule has 0 saturated carbocycles. The lowest BCUT2D eigenvalue weighted by molar-refractivity contribution is -0.0980. The molecule has 0 unspecified atom stereocenters. The highest BCUT2D eigenvalue weighted by atomic mass is 16.4. The van der Waals surface area contributed by atoms with Crippen LogP contribution in [0, 0.1) is 0 Å². The zero-order valence-electron chi connectivity index (χ0n) is 7.04. The predicted molar refractivity (Wildman–Crippen MR) is 42.9 cm³/mol. The van der Waals surface area contributed by atoms with E-state index in [1.807, 2.05) is 0 Å². The first-order chi connectivity index (χ1) is 6.07.